The lowest BCUT2D eigenvalue weighted by Gasteiger charge is -2.23. The summed E-state index contributed by atoms with van der Waals surface area (Å²) in [6.45, 7) is 4.52. The van der Waals surface area contributed by atoms with E-state index in [9.17, 15) is 24.3 Å². The first kappa shape index (κ1) is 45.8. The Labute approximate surface area is 323 Å². The van der Waals surface area contributed by atoms with Crippen LogP contribution in [0, 0.1) is 0 Å². The number of aliphatic hydroxyl groups excluding tert-OH is 1. The highest BCUT2D eigenvalue weighted by molar-refractivity contribution is 7.99. The zero-order valence-corrected chi connectivity index (χ0v) is 33.3. The number of thioether (sulfide) groups is 1. The Morgan fingerprint density at radius 2 is 1.34 bits per heavy atom. The second kappa shape index (κ2) is 29.1. The zero-order valence-electron chi connectivity index (χ0n) is 32.5. The molecule has 0 spiro atoms. The largest absolute Gasteiger partial charge is 0.445 e. The molecule has 2 atom stereocenters. The summed E-state index contributed by atoms with van der Waals surface area (Å²) in [5, 5.41) is 21.3. The first-order chi connectivity index (χ1) is 25.8. The minimum absolute atomic E-state index is 0.0580. The quantitative estimate of drug-likeness (QED) is 0.0387. The van der Waals surface area contributed by atoms with Crippen molar-refractivity contribution in [3.8, 4) is 0 Å². The number of nitrogens with one attached hydrogen (secondary N) is 4. The number of carbonyl (C=O) groups is 4. The monoisotopic (exact) mass is 756 g/mol. The number of aliphatic hydroxyl groups is 1. The number of carbonyl (C=O) groups excluding carboxylic acids is 4. The number of benzene rings is 1. The summed E-state index contributed by atoms with van der Waals surface area (Å²) in [7, 11) is 0. The van der Waals surface area contributed by atoms with Gasteiger partial charge in [-0.2, -0.15) is 11.8 Å². The van der Waals surface area contributed by atoms with Gasteiger partial charge in [0.05, 0.1) is 18.2 Å². The molecule has 1 saturated carbocycles. The van der Waals surface area contributed by atoms with E-state index >= 15 is 0 Å². The van der Waals surface area contributed by atoms with Gasteiger partial charge < -0.3 is 31.1 Å². The van der Waals surface area contributed by atoms with E-state index in [-0.39, 0.29) is 37.3 Å². The number of unbranched alkanes of at least 4 members (excludes halogenated alkanes) is 14. The predicted octanol–water partition coefficient (Wildman–Crippen LogP) is 7.65. The third-order valence-electron chi connectivity index (χ3n) is 9.33. The fraction of sp³-hybridized carbons (Fsp3) is 0.667. The summed E-state index contributed by atoms with van der Waals surface area (Å²) in [6.07, 6.45) is 26.2. The van der Waals surface area contributed by atoms with Crippen molar-refractivity contribution in [3.63, 3.8) is 0 Å². The molecular formula is C42H68N4O6S. The average Bonchev–Trinajstić information content (AvgIpc) is 3.94. The molecular weight excluding hydrogens is 689 g/mol. The van der Waals surface area contributed by atoms with Gasteiger partial charge in [0.15, 0.2) is 0 Å². The minimum atomic E-state index is -0.935. The van der Waals surface area contributed by atoms with Gasteiger partial charge in [0.25, 0.3) is 0 Å². The fourth-order valence-electron chi connectivity index (χ4n) is 5.74. The van der Waals surface area contributed by atoms with Crippen LogP contribution < -0.4 is 21.3 Å². The van der Waals surface area contributed by atoms with Crippen LogP contribution in [0.15, 0.2) is 54.6 Å². The van der Waals surface area contributed by atoms with Gasteiger partial charge in [0.2, 0.25) is 17.7 Å². The van der Waals surface area contributed by atoms with Crippen molar-refractivity contribution in [1.82, 2.24) is 21.3 Å². The van der Waals surface area contributed by atoms with Crippen LogP contribution in [0.4, 0.5) is 4.79 Å². The van der Waals surface area contributed by atoms with Crippen LogP contribution >= 0.6 is 11.8 Å². The maximum Gasteiger partial charge on any atom is 0.408 e. The smallest absolute Gasteiger partial charge is 0.408 e. The SMILES string of the molecule is CCCCCCCCCC=CC(=O)NC[C@H](CSC[C@H](NC(=O)OCc1ccccc1)C(=O)NC1(CO)CC1)NC(=O)C=CCCCCCCCCC. The van der Waals surface area contributed by atoms with Crippen molar-refractivity contribution in [2.24, 2.45) is 0 Å². The van der Waals surface area contributed by atoms with Gasteiger partial charge in [-0.05, 0) is 56.2 Å². The van der Waals surface area contributed by atoms with E-state index in [1.807, 2.05) is 42.5 Å². The van der Waals surface area contributed by atoms with E-state index in [1.165, 1.54) is 76.0 Å². The molecule has 298 valence electrons. The Morgan fingerprint density at radius 3 is 1.91 bits per heavy atom. The van der Waals surface area contributed by atoms with Gasteiger partial charge in [0, 0.05) is 18.1 Å². The summed E-state index contributed by atoms with van der Waals surface area (Å²) < 4.78 is 5.38. The number of rotatable bonds is 31. The highest BCUT2D eigenvalue weighted by Crippen LogP contribution is 2.34. The van der Waals surface area contributed by atoms with Crippen LogP contribution in [0.25, 0.3) is 0 Å². The van der Waals surface area contributed by atoms with E-state index in [0.29, 0.717) is 18.6 Å². The number of alkyl carbamates (subject to hydrolysis) is 1. The summed E-state index contributed by atoms with van der Waals surface area (Å²) in [6, 6.07) is 7.91. The highest BCUT2D eigenvalue weighted by atomic mass is 32.2. The lowest BCUT2D eigenvalue weighted by atomic mass is 10.1. The molecule has 0 radical (unpaired) electrons. The van der Waals surface area contributed by atoms with Crippen LogP contribution in [0.3, 0.4) is 0 Å². The van der Waals surface area contributed by atoms with Crippen molar-refractivity contribution in [2.75, 3.05) is 24.7 Å². The Bertz CT molecular complexity index is 1220. The zero-order chi connectivity index (χ0) is 38.4. The molecule has 2 rings (SSSR count). The van der Waals surface area contributed by atoms with Gasteiger partial charge >= 0.3 is 6.09 Å². The third kappa shape index (κ3) is 23.2. The lowest BCUT2D eigenvalue weighted by Crippen LogP contribution is -2.53. The summed E-state index contributed by atoms with van der Waals surface area (Å²) in [5.74, 6) is -0.285. The Kier molecular flexibility index (Phi) is 25.2. The van der Waals surface area contributed by atoms with E-state index in [1.54, 1.807) is 12.2 Å². The van der Waals surface area contributed by atoms with E-state index < -0.39 is 29.6 Å². The Morgan fingerprint density at radius 1 is 0.774 bits per heavy atom. The van der Waals surface area contributed by atoms with Gasteiger partial charge in [-0.1, -0.05) is 133 Å². The summed E-state index contributed by atoms with van der Waals surface area (Å²) in [4.78, 5) is 51.6. The van der Waals surface area contributed by atoms with Crippen LogP contribution in [0.2, 0.25) is 0 Å². The van der Waals surface area contributed by atoms with Crippen molar-refractivity contribution >= 4 is 35.6 Å². The first-order valence-corrected chi connectivity index (χ1v) is 21.4. The summed E-state index contributed by atoms with van der Waals surface area (Å²) >= 11 is 1.38. The molecule has 1 aliphatic rings. The Balaban J connectivity index is 1.93. The molecule has 1 aromatic rings. The molecule has 0 aromatic heterocycles. The second-order valence-electron chi connectivity index (χ2n) is 14.3. The number of allylic oxidation sites excluding steroid dienone is 2. The maximum atomic E-state index is 13.3. The van der Waals surface area contributed by atoms with E-state index in [0.717, 1.165) is 44.1 Å². The molecule has 1 fully saturated rings. The van der Waals surface area contributed by atoms with Gasteiger partial charge in [-0.15, -0.1) is 0 Å². The topological polar surface area (TPSA) is 146 Å². The standard InChI is InChI=1S/C42H68N4O6S/c1-3-5-7-9-11-13-15-17-22-26-38(48)43-30-36(44-39(49)27-23-18-16-14-12-10-8-6-4-2)32-53-33-37(40(50)46-42(34-47)28-29-42)45-41(51)52-31-35-24-20-19-21-25-35/h19-27,36-37,47H,3-18,28-34H2,1-2H3,(H,43,48)(H,44,49)(H,45,51)(H,46,50)/t36-,37+/m1/s1. The minimum Gasteiger partial charge on any atom is -0.445 e. The van der Waals surface area contributed by atoms with E-state index in [2.05, 4.69) is 35.1 Å². The molecule has 0 unspecified atom stereocenters. The molecule has 0 aliphatic heterocycles. The van der Waals surface area contributed by atoms with Crippen molar-refractivity contribution in [1.29, 1.82) is 0 Å². The average molecular weight is 757 g/mol. The maximum absolute atomic E-state index is 13.3. The first-order valence-electron chi connectivity index (χ1n) is 20.2. The van der Waals surface area contributed by atoms with E-state index in [4.69, 9.17) is 4.74 Å². The molecule has 11 heteroatoms. The molecule has 1 aliphatic carbocycles. The molecule has 4 amide bonds. The number of hydrogen-bond donors (Lipinski definition) is 5. The summed E-state index contributed by atoms with van der Waals surface area (Å²) in [5.41, 5.74) is 0.167. The van der Waals surface area contributed by atoms with Crippen LogP contribution in [-0.2, 0) is 25.7 Å². The van der Waals surface area contributed by atoms with Gasteiger partial charge in [-0.3, -0.25) is 14.4 Å². The van der Waals surface area contributed by atoms with Crippen LogP contribution in [0.1, 0.15) is 135 Å². The van der Waals surface area contributed by atoms with Crippen LogP contribution in [0.5, 0.6) is 0 Å². The van der Waals surface area contributed by atoms with Crippen molar-refractivity contribution in [2.45, 2.75) is 154 Å². The Hall–Kier alpha value is -3.31. The number of amides is 4. The molecule has 1 aromatic carbocycles. The van der Waals surface area contributed by atoms with Crippen LogP contribution in [-0.4, -0.2) is 71.2 Å². The molecule has 10 nitrogen and oxygen atoms in total. The predicted molar refractivity (Wildman–Crippen MR) is 217 cm³/mol. The molecule has 0 bridgehead atoms. The van der Waals surface area contributed by atoms with Gasteiger partial charge in [-0.25, -0.2) is 4.79 Å². The second-order valence-corrected chi connectivity index (χ2v) is 15.4. The molecule has 0 heterocycles. The van der Waals surface area contributed by atoms with Crippen molar-refractivity contribution < 1.29 is 29.0 Å². The lowest BCUT2D eigenvalue weighted by molar-refractivity contribution is -0.124. The third-order valence-corrected chi connectivity index (χ3v) is 10.5. The fourth-order valence-corrected chi connectivity index (χ4v) is 6.84. The molecule has 0 saturated heterocycles. The number of hydrogen-bond acceptors (Lipinski definition) is 7. The molecule has 5 N–H and O–H groups in total. The highest BCUT2D eigenvalue weighted by Gasteiger charge is 2.44. The molecule has 53 heavy (non-hydrogen) atoms. The van der Waals surface area contributed by atoms with Crippen molar-refractivity contribution in [3.05, 3.63) is 60.2 Å². The normalized spacial score (nSPS) is 14.5. The van der Waals surface area contributed by atoms with Gasteiger partial charge in [0.1, 0.15) is 12.6 Å². The number of ether oxygens (including phenoxy) is 1.